The van der Waals surface area contributed by atoms with E-state index >= 15 is 0 Å². The maximum atomic E-state index is 12.5. The van der Waals surface area contributed by atoms with Crippen LogP contribution in [0.25, 0.3) is 0 Å². The number of aliphatic hydroxyl groups excluding tert-OH is 1. The summed E-state index contributed by atoms with van der Waals surface area (Å²) in [5, 5.41) is 13.0. The van der Waals surface area contributed by atoms with Crippen LogP contribution in [-0.2, 0) is 27.3 Å². The van der Waals surface area contributed by atoms with Crippen LogP contribution in [0.3, 0.4) is 0 Å². The van der Waals surface area contributed by atoms with Gasteiger partial charge in [0.1, 0.15) is 12.7 Å². The van der Waals surface area contributed by atoms with E-state index < -0.39 is 12.1 Å². The van der Waals surface area contributed by atoms with E-state index in [0.29, 0.717) is 18.7 Å². The summed E-state index contributed by atoms with van der Waals surface area (Å²) in [6.45, 7) is 2.04. The van der Waals surface area contributed by atoms with Gasteiger partial charge in [0.25, 0.3) is 0 Å². The second-order valence-electron chi connectivity index (χ2n) is 7.70. The number of aromatic nitrogens is 1. The molecular weight excluding hydrogens is 426 g/mol. The summed E-state index contributed by atoms with van der Waals surface area (Å²) in [6, 6.07) is 16.4. The van der Waals surface area contributed by atoms with Gasteiger partial charge in [0.2, 0.25) is 11.8 Å². The minimum Gasteiger partial charge on any atom is -0.394 e. The van der Waals surface area contributed by atoms with Crippen molar-refractivity contribution >= 4 is 28.8 Å². The first-order valence-electron chi connectivity index (χ1n) is 10.4. The van der Waals surface area contributed by atoms with Crippen molar-refractivity contribution in [2.45, 2.75) is 32.0 Å². The molecule has 1 aromatic heterocycles. The second-order valence-corrected chi connectivity index (χ2v) is 8.64. The fraction of sp³-hybridized carbons (Fsp3) is 0.292. The van der Waals surface area contributed by atoms with Crippen molar-refractivity contribution in [2.24, 2.45) is 0 Å². The molecule has 8 heteroatoms. The highest BCUT2D eigenvalue weighted by Crippen LogP contribution is 2.31. The molecule has 0 radical (unpaired) electrons. The second kappa shape index (κ2) is 10.0. The number of nitrogens with one attached hydrogen (secondary N) is 1. The number of amides is 2. The summed E-state index contributed by atoms with van der Waals surface area (Å²) in [6.07, 6.45) is -0.158. The van der Waals surface area contributed by atoms with Crippen molar-refractivity contribution < 1.29 is 19.4 Å². The summed E-state index contributed by atoms with van der Waals surface area (Å²) in [5.74, 6) is -0.249. The zero-order chi connectivity index (χ0) is 22.5. The Hall–Kier alpha value is -3.07. The fourth-order valence-electron chi connectivity index (χ4n) is 3.80. The third-order valence-electron chi connectivity index (χ3n) is 5.53. The number of morpholine rings is 1. The van der Waals surface area contributed by atoms with Crippen LogP contribution in [0, 0.1) is 6.92 Å². The van der Waals surface area contributed by atoms with Crippen LogP contribution in [0.5, 0.6) is 0 Å². The highest BCUT2D eigenvalue weighted by Gasteiger charge is 2.37. The van der Waals surface area contributed by atoms with Crippen molar-refractivity contribution in [1.29, 1.82) is 0 Å². The molecule has 1 fully saturated rings. The molecule has 32 heavy (non-hydrogen) atoms. The lowest BCUT2D eigenvalue weighted by Crippen LogP contribution is -2.52. The molecule has 0 spiro atoms. The number of anilines is 1. The lowest BCUT2D eigenvalue weighted by molar-refractivity contribution is -0.161. The number of rotatable bonds is 7. The van der Waals surface area contributed by atoms with Crippen LogP contribution in [0.1, 0.15) is 27.8 Å². The number of ether oxygens (including phenoxy) is 1. The normalized spacial score (nSPS) is 18.6. The molecule has 2 amide bonds. The molecule has 7 nitrogen and oxygen atoms in total. The predicted molar refractivity (Wildman–Crippen MR) is 122 cm³/mol. The van der Waals surface area contributed by atoms with Gasteiger partial charge in [-0.05, 0) is 30.2 Å². The quantitative estimate of drug-likeness (QED) is 0.576. The molecule has 1 aliphatic rings. The molecule has 3 aromatic rings. The van der Waals surface area contributed by atoms with E-state index in [2.05, 4.69) is 10.3 Å². The highest BCUT2D eigenvalue weighted by molar-refractivity contribution is 7.09. The summed E-state index contributed by atoms with van der Waals surface area (Å²) in [7, 11) is 0. The molecule has 1 aliphatic heterocycles. The van der Waals surface area contributed by atoms with Crippen LogP contribution in [-0.4, -0.2) is 46.1 Å². The van der Waals surface area contributed by atoms with Crippen LogP contribution in [0.2, 0.25) is 0 Å². The molecule has 2 aromatic carbocycles. The van der Waals surface area contributed by atoms with Crippen molar-refractivity contribution in [3.05, 3.63) is 81.8 Å². The minimum atomic E-state index is -0.503. The lowest BCUT2D eigenvalue weighted by atomic mass is 9.99. The van der Waals surface area contributed by atoms with Gasteiger partial charge in [0.05, 0.1) is 36.8 Å². The number of aryl methyl sites for hydroxylation is 1. The maximum Gasteiger partial charge on any atom is 0.249 e. The van der Waals surface area contributed by atoms with Gasteiger partial charge >= 0.3 is 0 Å². The third kappa shape index (κ3) is 5.04. The average molecular weight is 452 g/mol. The lowest BCUT2D eigenvalue weighted by Gasteiger charge is -2.40. The van der Waals surface area contributed by atoms with Gasteiger partial charge in [0.15, 0.2) is 0 Å². The van der Waals surface area contributed by atoms with E-state index in [4.69, 9.17) is 4.74 Å². The zero-order valence-electron chi connectivity index (χ0n) is 17.7. The number of hydrogen-bond donors (Lipinski definition) is 2. The Morgan fingerprint density at radius 2 is 1.97 bits per heavy atom. The van der Waals surface area contributed by atoms with E-state index in [9.17, 15) is 14.7 Å². The van der Waals surface area contributed by atoms with Gasteiger partial charge in [-0.3, -0.25) is 9.59 Å². The van der Waals surface area contributed by atoms with E-state index in [1.54, 1.807) is 10.4 Å². The Balaban J connectivity index is 1.44. The van der Waals surface area contributed by atoms with Crippen LogP contribution in [0.15, 0.2) is 60.1 Å². The summed E-state index contributed by atoms with van der Waals surface area (Å²) >= 11 is 1.50. The SMILES string of the molecule is Cc1ncsc1CN1C(=O)CO[C@H](c2ccc(NC(=O)Cc3ccccc3)cc2)[C@H]1CO. The molecule has 0 unspecified atom stereocenters. The Morgan fingerprint density at radius 3 is 2.62 bits per heavy atom. The number of aliphatic hydroxyl groups is 1. The van der Waals surface area contributed by atoms with Crippen molar-refractivity contribution in [3.63, 3.8) is 0 Å². The topological polar surface area (TPSA) is 91.8 Å². The summed E-state index contributed by atoms with van der Waals surface area (Å²) in [4.78, 5) is 31.7. The van der Waals surface area contributed by atoms with Gasteiger partial charge in [-0.15, -0.1) is 11.3 Å². The average Bonchev–Trinajstić information content (AvgIpc) is 3.20. The maximum absolute atomic E-state index is 12.5. The molecule has 166 valence electrons. The number of nitrogens with zero attached hydrogens (tertiary/aromatic N) is 2. The standard InChI is InChI=1S/C24H25N3O4S/c1-16-21(32-15-25-16)12-27-20(13-28)24(31-14-23(27)30)18-7-9-19(10-8-18)26-22(29)11-17-5-3-2-4-6-17/h2-10,15,20,24,28H,11-14H2,1H3,(H,26,29)/t20-,24-/m1/s1. The van der Waals surface area contributed by atoms with Gasteiger partial charge in [-0.2, -0.15) is 0 Å². The summed E-state index contributed by atoms with van der Waals surface area (Å²) < 4.78 is 5.81. The van der Waals surface area contributed by atoms with E-state index in [1.807, 2.05) is 61.5 Å². The molecule has 4 rings (SSSR count). The van der Waals surface area contributed by atoms with Crippen LogP contribution in [0.4, 0.5) is 5.69 Å². The summed E-state index contributed by atoms with van der Waals surface area (Å²) in [5.41, 5.74) is 5.11. The fourth-order valence-corrected chi connectivity index (χ4v) is 4.57. The molecule has 0 bridgehead atoms. The largest absolute Gasteiger partial charge is 0.394 e. The van der Waals surface area contributed by atoms with Crippen molar-refractivity contribution in [2.75, 3.05) is 18.5 Å². The molecule has 1 saturated heterocycles. The van der Waals surface area contributed by atoms with Crippen LogP contribution < -0.4 is 5.32 Å². The number of benzene rings is 2. The monoisotopic (exact) mass is 451 g/mol. The smallest absolute Gasteiger partial charge is 0.249 e. The number of thiazole rings is 1. The van der Waals surface area contributed by atoms with Crippen molar-refractivity contribution in [1.82, 2.24) is 9.88 Å². The number of hydrogen-bond acceptors (Lipinski definition) is 6. The minimum absolute atomic E-state index is 0.0470. The third-order valence-corrected chi connectivity index (χ3v) is 6.45. The zero-order valence-corrected chi connectivity index (χ0v) is 18.5. The van der Waals surface area contributed by atoms with Gasteiger partial charge in [-0.25, -0.2) is 4.98 Å². The number of carbonyl (C=O) groups excluding carboxylic acids is 2. The predicted octanol–water partition coefficient (Wildman–Crippen LogP) is 3.09. The molecule has 2 N–H and O–H groups in total. The Kier molecular flexibility index (Phi) is 6.94. The first-order valence-corrected chi connectivity index (χ1v) is 11.3. The first kappa shape index (κ1) is 22.1. The molecule has 2 atom stereocenters. The van der Waals surface area contributed by atoms with E-state index in [-0.39, 0.29) is 25.0 Å². The Bertz CT molecular complexity index is 1070. The van der Waals surface area contributed by atoms with Gasteiger partial charge < -0.3 is 20.1 Å². The molecule has 0 aliphatic carbocycles. The molecule has 0 saturated carbocycles. The number of carbonyl (C=O) groups is 2. The van der Waals surface area contributed by atoms with E-state index in [0.717, 1.165) is 21.7 Å². The first-order chi connectivity index (χ1) is 15.5. The van der Waals surface area contributed by atoms with Gasteiger partial charge in [0, 0.05) is 10.6 Å². The Morgan fingerprint density at radius 1 is 1.22 bits per heavy atom. The highest BCUT2D eigenvalue weighted by atomic mass is 32.1. The van der Waals surface area contributed by atoms with Crippen LogP contribution >= 0.6 is 11.3 Å². The molecular formula is C24H25N3O4S. The molecule has 2 heterocycles. The van der Waals surface area contributed by atoms with Crippen molar-refractivity contribution in [3.8, 4) is 0 Å². The van der Waals surface area contributed by atoms with Gasteiger partial charge in [-0.1, -0.05) is 42.5 Å². The Labute approximate surface area is 190 Å². The van der Waals surface area contributed by atoms with E-state index in [1.165, 1.54) is 11.3 Å².